The zero-order valence-corrected chi connectivity index (χ0v) is 20.5. The van der Waals surface area contributed by atoms with Gasteiger partial charge in [0.1, 0.15) is 17.3 Å². The molecule has 4 rings (SSSR count). The maximum absolute atomic E-state index is 13.3. The fraction of sp³-hybridized carbons (Fsp3) is 0.207. The minimum absolute atomic E-state index is 0.0496. The number of carbonyl (C=O) groups excluding carboxylic acids is 3. The van der Waals surface area contributed by atoms with E-state index in [1.165, 1.54) is 24.1 Å². The molecule has 0 radical (unpaired) electrons. The zero-order chi connectivity index (χ0) is 26.5. The summed E-state index contributed by atoms with van der Waals surface area (Å²) in [4.78, 5) is 39.5. The van der Waals surface area contributed by atoms with Crippen LogP contribution in [-0.4, -0.2) is 41.6 Å². The molecule has 190 valence electrons. The van der Waals surface area contributed by atoms with E-state index in [2.05, 4.69) is 0 Å². The third-order valence-electron chi connectivity index (χ3n) is 6.00. The lowest BCUT2D eigenvalue weighted by molar-refractivity contribution is -0.139. The molecule has 0 saturated carbocycles. The van der Waals surface area contributed by atoms with Gasteiger partial charge in [0, 0.05) is 11.3 Å². The molecule has 3 aromatic rings. The van der Waals surface area contributed by atoms with Crippen molar-refractivity contribution in [3.8, 4) is 11.5 Å². The molecular weight excluding hydrogens is 474 g/mol. The molecule has 1 aliphatic heterocycles. The van der Waals surface area contributed by atoms with E-state index in [1.54, 1.807) is 60.7 Å². The van der Waals surface area contributed by atoms with E-state index in [1.807, 2.05) is 6.92 Å². The number of carbonyl (C=O) groups is 3. The lowest BCUT2D eigenvalue weighted by Gasteiger charge is -2.25. The fourth-order valence-corrected chi connectivity index (χ4v) is 4.23. The summed E-state index contributed by atoms with van der Waals surface area (Å²) in [5.41, 5.74) is 1.72. The van der Waals surface area contributed by atoms with Crippen LogP contribution in [-0.2, 0) is 25.5 Å². The van der Waals surface area contributed by atoms with Crippen LogP contribution in [0, 0.1) is 0 Å². The molecule has 0 spiro atoms. The van der Waals surface area contributed by atoms with Crippen LogP contribution in [0.25, 0.3) is 5.76 Å². The van der Waals surface area contributed by atoms with Gasteiger partial charge in [-0.1, -0.05) is 43.3 Å². The van der Waals surface area contributed by atoms with Crippen LogP contribution in [0.2, 0.25) is 0 Å². The first kappa shape index (κ1) is 25.5. The smallest absolute Gasteiger partial charge is 0.309 e. The predicted molar refractivity (Wildman–Crippen MR) is 137 cm³/mol. The number of aliphatic hydroxyl groups excluding tert-OH is 1. The maximum Gasteiger partial charge on any atom is 0.309 e. The summed E-state index contributed by atoms with van der Waals surface area (Å²) in [5, 5.41) is 21.4. The van der Waals surface area contributed by atoms with E-state index in [4.69, 9.17) is 9.47 Å². The Morgan fingerprint density at radius 3 is 2.41 bits per heavy atom. The molecule has 0 aromatic heterocycles. The van der Waals surface area contributed by atoms with Gasteiger partial charge in [-0.05, 0) is 53.9 Å². The number of ether oxygens (including phenoxy) is 2. The van der Waals surface area contributed by atoms with E-state index in [-0.39, 0.29) is 23.5 Å². The summed E-state index contributed by atoms with van der Waals surface area (Å²) in [6.45, 7) is 2.46. The maximum atomic E-state index is 13.3. The third kappa shape index (κ3) is 5.33. The number of hydrogen-bond acceptors (Lipinski definition) is 7. The molecule has 1 fully saturated rings. The number of rotatable bonds is 8. The minimum atomic E-state index is -1.00. The number of phenols is 1. The van der Waals surface area contributed by atoms with E-state index in [9.17, 15) is 24.6 Å². The number of benzene rings is 3. The first-order chi connectivity index (χ1) is 17.8. The van der Waals surface area contributed by atoms with E-state index < -0.39 is 23.7 Å². The Morgan fingerprint density at radius 1 is 1.00 bits per heavy atom. The van der Waals surface area contributed by atoms with Crippen molar-refractivity contribution in [2.75, 3.05) is 18.6 Å². The quantitative estimate of drug-likeness (QED) is 0.202. The second kappa shape index (κ2) is 11.0. The number of Topliss-reactive ketones (excluding diaryl/α,β-unsaturated/α-hetero) is 1. The number of anilines is 1. The predicted octanol–water partition coefficient (Wildman–Crippen LogP) is 4.52. The van der Waals surface area contributed by atoms with Crippen molar-refractivity contribution in [3.63, 3.8) is 0 Å². The molecule has 0 bridgehead atoms. The van der Waals surface area contributed by atoms with Crippen molar-refractivity contribution >= 4 is 29.1 Å². The number of phenolic OH excluding ortho intramolecular Hbond substituents is 1. The van der Waals surface area contributed by atoms with Crippen LogP contribution in [0.3, 0.4) is 0 Å². The van der Waals surface area contributed by atoms with Gasteiger partial charge in [-0.15, -0.1) is 0 Å². The van der Waals surface area contributed by atoms with Crippen molar-refractivity contribution < 1.29 is 34.1 Å². The highest BCUT2D eigenvalue weighted by atomic mass is 16.5. The molecule has 37 heavy (non-hydrogen) atoms. The SMILES string of the molecule is CCCOc1cccc(/C(O)=C2/C(=O)C(=O)N(c3ccc(CC(=O)OC)cc3)C2c2cccc(O)c2)c1. The normalized spacial score (nSPS) is 16.6. The Hall–Kier alpha value is -4.59. The fourth-order valence-electron chi connectivity index (χ4n) is 4.23. The molecule has 1 amide bonds. The number of nitrogens with zero attached hydrogens (tertiary/aromatic N) is 1. The molecule has 0 aliphatic carbocycles. The number of aromatic hydroxyl groups is 1. The van der Waals surface area contributed by atoms with Gasteiger partial charge in [0.05, 0.1) is 31.8 Å². The van der Waals surface area contributed by atoms with Crippen molar-refractivity contribution in [2.24, 2.45) is 0 Å². The number of hydrogen-bond donors (Lipinski definition) is 2. The Morgan fingerprint density at radius 2 is 1.73 bits per heavy atom. The zero-order valence-electron chi connectivity index (χ0n) is 20.5. The largest absolute Gasteiger partial charge is 0.508 e. The van der Waals surface area contributed by atoms with E-state index in [0.717, 1.165) is 6.42 Å². The van der Waals surface area contributed by atoms with Gasteiger partial charge in [0.15, 0.2) is 0 Å². The lowest BCUT2D eigenvalue weighted by Crippen LogP contribution is -2.29. The van der Waals surface area contributed by atoms with Crippen molar-refractivity contribution in [3.05, 3.63) is 95.1 Å². The number of methoxy groups -OCH3 is 1. The second-order valence-corrected chi connectivity index (χ2v) is 8.56. The minimum Gasteiger partial charge on any atom is -0.508 e. The number of amides is 1. The summed E-state index contributed by atoms with van der Waals surface area (Å²) in [5.74, 6) is -1.96. The molecule has 8 nitrogen and oxygen atoms in total. The molecule has 1 aliphatic rings. The number of ketones is 1. The Labute approximate surface area is 214 Å². The van der Waals surface area contributed by atoms with Gasteiger partial charge >= 0.3 is 5.97 Å². The standard InChI is InChI=1S/C29H27NO7/c1-3-14-37-23-9-5-7-20(17-23)27(33)25-26(19-6-4-8-22(31)16-19)30(29(35)28(25)34)21-12-10-18(11-13-21)15-24(32)36-2/h4-13,16-17,26,31,33H,3,14-15H2,1-2H3/b27-25-. The Kier molecular flexibility index (Phi) is 7.57. The van der Waals surface area contributed by atoms with Gasteiger partial charge in [0.25, 0.3) is 11.7 Å². The highest BCUT2D eigenvalue weighted by Gasteiger charge is 2.47. The summed E-state index contributed by atoms with van der Waals surface area (Å²) in [6, 6.07) is 18.5. The molecule has 1 unspecified atom stereocenters. The number of aliphatic hydroxyl groups is 1. The molecule has 1 atom stereocenters. The Bertz CT molecular complexity index is 1360. The van der Waals surface area contributed by atoms with Crippen molar-refractivity contribution in [2.45, 2.75) is 25.8 Å². The molecular formula is C29H27NO7. The molecule has 2 N–H and O–H groups in total. The molecule has 8 heteroatoms. The highest BCUT2D eigenvalue weighted by Crippen LogP contribution is 2.43. The summed E-state index contributed by atoms with van der Waals surface area (Å²) in [7, 11) is 1.30. The van der Waals surface area contributed by atoms with Gasteiger partial charge in [0.2, 0.25) is 0 Å². The first-order valence-electron chi connectivity index (χ1n) is 11.8. The molecule has 3 aromatic carbocycles. The molecule has 1 saturated heterocycles. The first-order valence-corrected chi connectivity index (χ1v) is 11.8. The number of esters is 1. The molecule has 1 heterocycles. The van der Waals surface area contributed by atoms with Gasteiger partial charge in [-0.3, -0.25) is 19.3 Å². The summed E-state index contributed by atoms with van der Waals surface area (Å²) >= 11 is 0. The monoisotopic (exact) mass is 501 g/mol. The van der Waals surface area contributed by atoms with E-state index >= 15 is 0 Å². The van der Waals surface area contributed by atoms with Crippen LogP contribution in [0.4, 0.5) is 5.69 Å². The van der Waals surface area contributed by atoms with Crippen LogP contribution in [0.1, 0.15) is 36.1 Å². The average molecular weight is 502 g/mol. The highest BCUT2D eigenvalue weighted by molar-refractivity contribution is 6.51. The van der Waals surface area contributed by atoms with Gasteiger partial charge in [-0.25, -0.2) is 0 Å². The Balaban J connectivity index is 1.82. The lowest BCUT2D eigenvalue weighted by atomic mass is 9.95. The van der Waals surface area contributed by atoms with E-state index in [0.29, 0.717) is 34.7 Å². The van der Waals surface area contributed by atoms with Crippen molar-refractivity contribution in [1.82, 2.24) is 0 Å². The van der Waals surface area contributed by atoms with Crippen LogP contribution >= 0.6 is 0 Å². The van der Waals surface area contributed by atoms with Gasteiger partial charge < -0.3 is 19.7 Å². The second-order valence-electron chi connectivity index (χ2n) is 8.56. The van der Waals surface area contributed by atoms with Gasteiger partial charge in [-0.2, -0.15) is 0 Å². The summed E-state index contributed by atoms with van der Waals surface area (Å²) in [6.07, 6.45) is 0.860. The topological polar surface area (TPSA) is 113 Å². The third-order valence-corrected chi connectivity index (χ3v) is 6.00. The van der Waals surface area contributed by atoms with Crippen LogP contribution < -0.4 is 9.64 Å². The average Bonchev–Trinajstić information content (AvgIpc) is 3.17. The van der Waals surface area contributed by atoms with Crippen LogP contribution in [0.5, 0.6) is 11.5 Å². The summed E-state index contributed by atoms with van der Waals surface area (Å²) < 4.78 is 10.4. The van der Waals surface area contributed by atoms with Crippen molar-refractivity contribution in [1.29, 1.82) is 0 Å². The van der Waals surface area contributed by atoms with Crippen LogP contribution in [0.15, 0.2) is 78.4 Å².